The van der Waals surface area contributed by atoms with Crippen LogP contribution in [0.2, 0.25) is 0 Å². The van der Waals surface area contributed by atoms with E-state index in [0.29, 0.717) is 22.8 Å². The lowest BCUT2D eigenvalue weighted by atomic mass is 10.1. The Hall–Kier alpha value is -3.52. The van der Waals surface area contributed by atoms with Crippen LogP contribution in [0.4, 0.5) is 5.82 Å². The summed E-state index contributed by atoms with van der Waals surface area (Å²) in [6.45, 7) is 5.47. The molecule has 0 saturated carbocycles. The first-order valence-electron chi connectivity index (χ1n) is 10.8. The van der Waals surface area contributed by atoms with E-state index in [4.69, 9.17) is 10.3 Å². The van der Waals surface area contributed by atoms with Gasteiger partial charge in [0, 0.05) is 17.2 Å². The first-order valence-corrected chi connectivity index (χ1v) is 12.4. The summed E-state index contributed by atoms with van der Waals surface area (Å²) in [6.07, 6.45) is 3.68. The predicted octanol–water partition coefficient (Wildman–Crippen LogP) is 5.18. The summed E-state index contributed by atoms with van der Waals surface area (Å²) in [5.74, 6) is 0.632. The van der Waals surface area contributed by atoms with Gasteiger partial charge in [-0.05, 0) is 38.0 Å². The molecule has 0 spiro atoms. The maximum absolute atomic E-state index is 12.4. The number of rotatable bonds is 7. The molecule has 0 atom stereocenters. The predicted molar refractivity (Wildman–Crippen MR) is 129 cm³/mol. The molecule has 4 rings (SSSR count). The number of hydrogen-bond donors (Lipinski definition) is 1. The fraction of sp³-hybridized carbons (Fsp3) is 0.240. The van der Waals surface area contributed by atoms with Crippen molar-refractivity contribution in [2.24, 2.45) is 0 Å². The molecule has 0 aliphatic carbocycles. The SMILES string of the molecule is CCCc1ccc(-c2cc(-c3nc(-c4ccc(S(=O)(=O)C(C)C)cc4)cnc3N)on2)cc1. The van der Waals surface area contributed by atoms with E-state index in [1.807, 2.05) is 12.1 Å². The highest BCUT2D eigenvalue weighted by molar-refractivity contribution is 7.92. The van der Waals surface area contributed by atoms with Crippen LogP contribution in [0.25, 0.3) is 34.0 Å². The highest BCUT2D eigenvalue weighted by Gasteiger charge is 2.20. The Bertz CT molecular complexity index is 1360. The van der Waals surface area contributed by atoms with Crippen molar-refractivity contribution in [3.63, 3.8) is 0 Å². The van der Waals surface area contributed by atoms with Crippen LogP contribution < -0.4 is 5.73 Å². The first kappa shape index (κ1) is 22.7. The highest BCUT2D eigenvalue weighted by atomic mass is 32.2. The maximum Gasteiger partial charge on any atom is 0.189 e. The summed E-state index contributed by atoms with van der Waals surface area (Å²) in [4.78, 5) is 9.14. The van der Waals surface area contributed by atoms with Crippen LogP contribution in [0.5, 0.6) is 0 Å². The minimum Gasteiger partial charge on any atom is -0.382 e. The Morgan fingerprint density at radius 1 is 0.970 bits per heavy atom. The molecular formula is C25H26N4O3S. The van der Waals surface area contributed by atoms with Crippen molar-refractivity contribution >= 4 is 15.7 Å². The molecule has 0 radical (unpaired) electrons. The van der Waals surface area contributed by atoms with Crippen molar-refractivity contribution in [3.8, 4) is 34.0 Å². The van der Waals surface area contributed by atoms with Crippen LogP contribution in [0, 0.1) is 0 Å². The summed E-state index contributed by atoms with van der Waals surface area (Å²) in [5.41, 5.74) is 10.6. The van der Waals surface area contributed by atoms with E-state index in [0.717, 1.165) is 24.0 Å². The molecule has 7 nitrogen and oxygen atoms in total. The lowest BCUT2D eigenvalue weighted by molar-refractivity contribution is 0.434. The van der Waals surface area contributed by atoms with E-state index >= 15 is 0 Å². The Morgan fingerprint density at radius 3 is 2.24 bits per heavy atom. The van der Waals surface area contributed by atoms with E-state index in [1.165, 1.54) is 5.56 Å². The standard InChI is InChI=1S/C25H26N4O3S/c1-4-5-17-6-8-18(9-7-17)21-14-23(32-29-21)24-25(26)27-15-22(28-24)19-10-12-20(13-11-19)33(30,31)16(2)3/h6-16H,4-5H2,1-3H3,(H2,26,27). The van der Waals surface area contributed by atoms with Crippen molar-refractivity contribution in [2.75, 3.05) is 5.73 Å². The fourth-order valence-corrected chi connectivity index (χ4v) is 4.52. The Kier molecular flexibility index (Phi) is 6.29. The van der Waals surface area contributed by atoms with Gasteiger partial charge < -0.3 is 10.3 Å². The quantitative estimate of drug-likeness (QED) is 0.402. The molecule has 0 saturated heterocycles. The Balaban J connectivity index is 1.63. The summed E-state index contributed by atoms with van der Waals surface area (Å²) in [7, 11) is -3.34. The van der Waals surface area contributed by atoms with Crippen LogP contribution >= 0.6 is 0 Å². The lowest BCUT2D eigenvalue weighted by Gasteiger charge is -2.09. The second-order valence-electron chi connectivity index (χ2n) is 8.13. The third kappa shape index (κ3) is 4.66. The third-order valence-corrected chi connectivity index (χ3v) is 7.60. The molecule has 33 heavy (non-hydrogen) atoms. The molecule has 2 aromatic carbocycles. The third-order valence-electron chi connectivity index (χ3n) is 5.43. The van der Waals surface area contributed by atoms with Crippen LogP contribution in [0.3, 0.4) is 0 Å². The fourth-order valence-electron chi connectivity index (χ4n) is 3.46. The van der Waals surface area contributed by atoms with Crippen LogP contribution in [0.15, 0.2) is 70.2 Å². The Morgan fingerprint density at radius 2 is 1.61 bits per heavy atom. The Labute approximate surface area is 193 Å². The largest absolute Gasteiger partial charge is 0.382 e. The van der Waals surface area contributed by atoms with Gasteiger partial charge in [-0.3, -0.25) is 0 Å². The minimum atomic E-state index is -3.34. The van der Waals surface area contributed by atoms with Crippen LogP contribution in [-0.4, -0.2) is 28.8 Å². The van der Waals surface area contributed by atoms with Crippen molar-refractivity contribution in [1.29, 1.82) is 0 Å². The second-order valence-corrected chi connectivity index (χ2v) is 10.6. The van der Waals surface area contributed by atoms with Crippen LogP contribution in [0.1, 0.15) is 32.8 Å². The van der Waals surface area contributed by atoms with E-state index in [9.17, 15) is 8.42 Å². The first-order chi connectivity index (χ1) is 15.8. The van der Waals surface area contributed by atoms with E-state index in [-0.39, 0.29) is 10.7 Å². The van der Waals surface area contributed by atoms with Gasteiger partial charge >= 0.3 is 0 Å². The molecule has 0 aliphatic heterocycles. The second kappa shape index (κ2) is 9.15. The number of hydrogen-bond acceptors (Lipinski definition) is 7. The van der Waals surface area contributed by atoms with Gasteiger partial charge in [0.15, 0.2) is 27.1 Å². The molecule has 170 valence electrons. The molecule has 0 bridgehead atoms. The van der Waals surface area contributed by atoms with Crippen molar-refractivity contribution in [1.82, 2.24) is 15.1 Å². The van der Waals surface area contributed by atoms with Gasteiger partial charge in [-0.2, -0.15) is 0 Å². The number of aryl methyl sites for hydroxylation is 1. The van der Waals surface area contributed by atoms with E-state index in [1.54, 1.807) is 50.4 Å². The number of nitrogen functional groups attached to an aromatic ring is 1. The van der Waals surface area contributed by atoms with Gasteiger partial charge in [-0.1, -0.05) is 54.9 Å². The van der Waals surface area contributed by atoms with Crippen molar-refractivity contribution in [3.05, 3.63) is 66.4 Å². The van der Waals surface area contributed by atoms with Gasteiger partial charge in [0.05, 0.1) is 22.0 Å². The molecule has 0 fully saturated rings. The number of sulfone groups is 1. The number of aromatic nitrogens is 3. The molecule has 4 aromatic rings. The summed E-state index contributed by atoms with van der Waals surface area (Å²) in [5, 5.41) is 3.68. The molecule has 2 aromatic heterocycles. The van der Waals surface area contributed by atoms with Gasteiger partial charge in [0.25, 0.3) is 0 Å². The van der Waals surface area contributed by atoms with Crippen molar-refractivity contribution in [2.45, 2.75) is 43.8 Å². The van der Waals surface area contributed by atoms with Gasteiger partial charge in [-0.15, -0.1) is 0 Å². The number of nitrogens with zero attached hydrogens (tertiary/aromatic N) is 3. The van der Waals surface area contributed by atoms with Gasteiger partial charge in [0.2, 0.25) is 0 Å². The molecule has 8 heteroatoms. The normalized spacial score (nSPS) is 11.8. The van der Waals surface area contributed by atoms with Gasteiger partial charge in [-0.25, -0.2) is 18.4 Å². The average molecular weight is 463 g/mol. The molecular weight excluding hydrogens is 436 g/mol. The zero-order chi connectivity index (χ0) is 23.6. The number of benzene rings is 2. The van der Waals surface area contributed by atoms with E-state index < -0.39 is 15.1 Å². The monoisotopic (exact) mass is 462 g/mol. The molecule has 0 amide bonds. The molecule has 0 aliphatic rings. The number of anilines is 1. The smallest absolute Gasteiger partial charge is 0.189 e. The summed E-state index contributed by atoms with van der Waals surface area (Å²) >= 11 is 0. The molecule has 2 N–H and O–H groups in total. The number of nitrogens with two attached hydrogens (primary N) is 1. The topological polar surface area (TPSA) is 112 Å². The van der Waals surface area contributed by atoms with Crippen molar-refractivity contribution < 1.29 is 12.9 Å². The highest BCUT2D eigenvalue weighted by Crippen LogP contribution is 2.30. The van der Waals surface area contributed by atoms with E-state index in [2.05, 4.69) is 34.2 Å². The lowest BCUT2D eigenvalue weighted by Crippen LogP contribution is -2.13. The van der Waals surface area contributed by atoms with Gasteiger partial charge in [0.1, 0.15) is 5.69 Å². The minimum absolute atomic E-state index is 0.221. The average Bonchev–Trinajstić information content (AvgIpc) is 3.30. The maximum atomic E-state index is 12.4. The molecule has 0 unspecified atom stereocenters. The molecule has 2 heterocycles. The zero-order valence-corrected chi connectivity index (χ0v) is 19.6. The zero-order valence-electron chi connectivity index (χ0n) is 18.8. The van der Waals surface area contributed by atoms with Crippen LogP contribution in [-0.2, 0) is 16.3 Å². The summed E-state index contributed by atoms with van der Waals surface area (Å²) in [6, 6.07) is 16.6. The summed E-state index contributed by atoms with van der Waals surface area (Å²) < 4.78 is 30.3.